The predicted molar refractivity (Wildman–Crippen MR) is 227 cm³/mol. The minimum Gasteiger partial charge on any atom is -0.756 e. The van der Waals surface area contributed by atoms with Crippen molar-refractivity contribution in [2.75, 3.05) is 47.5 Å². The molecule has 0 aromatic rings. The van der Waals surface area contributed by atoms with E-state index in [1.165, 1.54) is 83.5 Å². The average Bonchev–Trinajstić information content (AvgIpc) is 3.13. The highest BCUT2D eigenvalue weighted by Crippen LogP contribution is 2.38. The van der Waals surface area contributed by atoms with E-state index < -0.39 is 32.5 Å². The molecule has 0 aliphatic heterocycles. The van der Waals surface area contributed by atoms with Gasteiger partial charge in [0.25, 0.3) is 7.82 Å². The Morgan fingerprint density at radius 2 is 1.00 bits per heavy atom. The molecule has 9 nitrogen and oxygen atoms in total. The summed E-state index contributed by atoms with van der Waals surface area (Å²) >= 11 is 0. The number of esters is 2. The topological polar surface area (TPSA) is 111 Å². The second-order valence-electron chi connectivity index (χ2n) is 16.1. The van der Waals surface area contributed by atoms with Crippen LogP contribution in [0, 0.1) is 0 Å². The van der Waals surface area contributed by atoms with Crippen LogP contribution in [-0.2, 0) is 32.7 Å². The summed E-state index contributed by atoms with van der Waals surface area (Å²) in [6.45, 7) is 4.16. The Kier molecular flexibility index (Phi) is 36.6. The minimum atomic E-state index is -4.63. The van der Waals surface area contributed by atoms with Gasteiger partial charge in [-0.25, -0.2) is 0 Å². The molecule has 0 N–H and O–H groups in total. The maximum atomic E-state index is 12.7. The Hall–Kier alpha value is -1.77. The van der Waals surface area contributed by atoms with E-state index >= 15 is 0 Å². The minimum absolute atomic E-state index is 0.0336. The van der Waals surface area contributed by atoms with Crippen LogP contribution in [0.1, 0.15) is 187 Å². The number of rotatable bonds is 40. The molecular formula is C45H84NO8P. The summed E-state index contributed by atoms with van der Waals surface area (Å²) in [5, 5.41) is 0. The molecule has 0 spiro atoms. The van der Waals surface area contributed by atoms with Gasteiger partial charge in [0.2, 0.25) is 0 Å². The van der Waals surface area contributed by atoms with E-state index in [9.17, 15) is 19.0 Å². The predicted octanol–water partition coefficient (Wildman–Crippen LogP) is 11.9. The van der Waals surface area contributed by atoms with Gasteiger partial charge in [-0.05, 0) is 64.2 Å². The molecule has 10 heteroatoms. The number of allylic oxidation sites excluding steroid dienone is 6. The lowest BCUT2D eigenvalue weighted by Crippen LogP contribution is -2.37. The highest BCUT2D eigenvalue weighted by molar-refractivity contribution is 7.45. The highest BCUT2D eigenvalue weighted by Gasteiger charge is 2.21. The fraction of sp³-hybridized carbons (Fsp3) is 0.822. The molecule has 1 unspecified atom stereocenters. The quantitative estimate of drug-likeness (QED) is 0.0198. The van der Waals surface area contributed by atoms with Crippen LogP contribution in [0.25, 0.3) is 0 Å². The number of unbranched alkanes of at least 4 members (excludes halogenated alkanes) is 20. The van der Waals surface area contributed by atoms with Crippen LogP contribution in [0.5, 0.6) is 0 Å². The van der Waals surface area contributed by atoms with Gasteiger partial charge in [-0.3, -0.25) is 14.2 Å². The Labute approximate surface area is 338 Å². The maximum absolute atomic E-state index is 12.7. The standard InChI is InChI=1S/C45H84NO8P/c1-6-8-10-12-14-16-18-20-22-23-24-26-28-30-32-34-36-38-45(48)54-43(42-53-55(49,50)52-40-39-46(3,4)5)41-51-44(47)37-35-33-31-29-27-25-21-19-17-15-13-11-9-7-2/h13,15-16,18-19,21,43H,6-12,14,17,20,22-42H2,1-5H3/b15-13+,18-16+,21-19+/t43-/m1/s1. The molecule has 0 heterocycles. The van der Waals surface area contributed by atoms with Crippen molar-refractivity contribution in [1.82, 2.24) is 0 Å². The number of carbonyl (C=O) groups excluding carboxylic acids is 2. The Bertz CT molecular complexity index is 1040. The third kappa shape index (κ3) is 41.7. The van der Waals surface area contributed by atoms with Gasteiger partial charge in [-0.1, -0.05) is 147 Å². The summed E-state index contributed by atoms with van der Waals surface area (Å²) in [7, 11) is 1.15. The molecule has 0 saturated carbocycles. The lowest BCUT2D eigenvalue weighted by molar-refractivity contribution is -0.870. The van der Waals surface area contributed by atoms with Crippen molar-refractivity contribution in [2.24, 2.45) is 0 Å². The number of ether oxygens (including phenoxy) is 2. The molecule has 0 radical (unpaired) electrons. The van der Waals surface area contributed by atoms with Crippen molar-refractivity contribution >= 4 is 19.8 Å². The number of quaternary nitrogens is 1. The van der Waals surface area contributed by atoms with Crippen LogP contribution >= 0.6 is 7.82 Å². The lowest BCUT2D eigenvalue weighted by Gasteiger charge is -2.28. The molecule has 0 aromatic carbocycles. The number of likely N-dealkylation sites (N-methyl/N-ethyl adjacent to an activating group) is 1. The van der Waals surface area contributed by atoms with Crippen molar-refractivity contribution in [3.63, 3.8) is 0 Å². The normalized spacial score (nSPS) is 13.9. The fourth-order valence-corrected chi connectivity index (χ4v) is 6.57. The van der Waals surface area contributed by atoms with Gasteiger partial charge in [0.15, 0.2) is 6.10 Å². The highest BCUT2D eigenvalue weighted by atomic mass is 31.2. The molecule has 0 aliphatic carbocycles. The van der Waals surface area contributed by atoms with Crippen molar-refractivity contribution in [3.8, 4) is 0 Å². The van der Waals surface area contributed by atoms with Gasteiger partial charge in [-0.15, -0.1) is 0 Å². The molecule has 55 heavy (non-hydrogen) atoms. The van der Waals surface area contributed by atoms with Crippen LogP contribution in [0.3, 0.4) is 0 Å². The molecule has 0 fully saturated rings. The largest absolute Gasteiger partial charge is 0.756 e. The summed E-state index contributed by atoms with van der Waals surface area (Å²) in [6, 6.07) is 0. The van der Waals surface area contributed by atoms with E-state index in [-0.39, 0.29) is 26.1 Å². The zero-order chi connectivity index (χ0) is 40.7. The smallest absolute Gasteiger partial charge is 0.306 e. The Balaban J connectivity index is 4.36. The first kappa shape index (κ1) is 53.2. The second-order valence-corrected chi connectivity index (χ2v) is 17.5. The van der Waals surface area contributed by atoms with E-state index in [0.717, 1.165) is 64.2 Å². The van der Waals surface area contributed by atoms with Gasteiger partial charge in [0, 0.05) is 12.8 Å². The van der Waals surface area contributed by atoms with Crippen molar-refractivity contribution in [1.29, 1.82) is 0 Å². The SMILES string of the molecule is CCCC/C=C/C/C=C/CCCCCCCC(=O)OC[C@H](COP(=O)([O-])OCC[N+](C)(C)C)OC(=O)CCCCCCCCCCC/C=C/CCCCCC. The summed E-state index contributed by atoms with van der Waals surface area (Å²) in [6.07, 6.45) is 41.6. The molecular weight excluding hydrogens is 713 g/mol. The van der Waals surface area contributed by atoms with Gasteiger partial charge in [-0.2, -0.15) is 0 Å². The van der Waals surface area contributed by atoms with Gasteiger partial charge < -0.3 is 27.9 Å². The second kappa shape index (κ2) is 37.8. The number of carbonyl (C=O) groups is 2. The molecule has 2 atom stereocenters. The van der Waals surface area contributed by atoms with Crippen LogP contribution in [0.4, 0.5) is 0 Å². The third-order valence-corrected chi connectivity index (χ3v) is 10.3. The van der Waals surface area contributed by atoms with Crippen molar-refractivity contribution in [3.05, 3.63) is 36.5 Å². The van der Waals surface area contributed by atoms with Gasteiger partial charge >= 0.3 is 11.9 Å². The first-order valence-corrected chi connectivity index (χ1v) is 23.7. The zero-order valence-corrected chi connectivity index (χ0v) is 37.0. The molecule has 0 amide bonds. The average molecular weight is 798 g/mol. The number of phosphoric ester groups is 1. The summed E-state index contributed by atoms with van der Waals surface area (Å²) in [5.74, 6) is -0.852. The van der Waals surface area contributed by atoms with E-state index in [0.29, 0.717) is 23.9 Å². The van der Waals surface area contributed by atoms with Gasteiger partial charge in [0.05, 0.1) is 27.7 Å². The van der Waals surface area contributed by atoms with Crippen LogP contribution < -0.4 is 4.89 Å². The van der Waals surface area contributed by atoms with Gasteiger partial charge in [0.1, 0.15) is 19.8 Å². The Morgan fingerprint density at radius 3 is 1.51 bits per heavy atom. The van der Waals surface area contributed by atoms with Crippen LogP contribution in [0.2, 0.25) is 0 Å². The molecule has 322 valence electrons. The number of hydrogen-bond acceptors (Lipinski definition) is 8. The van der Waals surface area contributed by atoms with E-state index in [1.807, 2.05) is 21.1 Å². The zero-order valence-electron chi connectivity index (χ0n) is 36.1. The third-order valence-electron chi connectivity index (χ3n) is 9.38. The number of phosphoric acid groups is 1. The first-order chi connectivity index (χ1) is 26.5. The summed E-state index contributed by atoms with van der Waals surface area (Å²) < 4.78 is 33.9. The van der Waals surface area contributed by atoms with Crippen molar-refractivity contribution < 1.29 is 42.1 Å². The summed E-state index contributed by atoms with van der Waals surface area (Å²) in [5.41, 5.74) is 0. The molecule has 0 aliphatic rings. The van der Waals surface area contributed by atoms with E-state index in [1.54, 1.807) is 0 Å². The van der Waals surface area contributed by atoms with E-state index in [2.05, 4.69) is 50.3 Å². The number of nitrogens with zero attached hydrogens (tertiary/aromatic N) is 1. The number of hydrogen-bond donors (Lipinski definition) is 0. The molecule has 0 bridgehead atoms. The summed E-state index contributed by atoms with van der Waals surface area (Å²) in [4.78, 5) is 37.5. The Morgan fingerprint density at radius 1 is 0.564 bits per heavy atom. The molecule has 0 saturated heterocycles. The van der Waals surface area contributed by atoms with Crippen molar-refractivity contribution in [2.45, 2.75) is 193 Å². The van der Waals surface area contributed by atoms with Crippen LogP contribution in [-0.4, -0.2) is 70.0 Å². The van der Waals surface area contributed by atoms with Crippen LogP contribution in [0.15, 0.2) is 36.5 Å². The lowest BCUT2D eigenvalue weighted by atomic mass is 10.1. The monoisotopic (exact) mass is 798 g/mol. The fourth-order valence-electron chi connectivity index (χ4n) is 5.84. The van der Waals surface area contributed by atoms with E-state index in [4.69, 9.17) is 18.5 Å². The molecule has 0 rings (SSSR count). The maximum Gasteiger partial charge on any atom is 0.306 e. The first-order valence-electron chi connectivity index (χ1n) is 22.2. The molecule has 0 aromatic heterocycles.